The van der Waals surface area contributed by atoms with Gasteiger partial charge in [-0.25, -0.2) is 0 Å². The summed E-state index contributed by atoms with van der Waals surface area (Å²) in [6.07, 6.45) is 3.20. The van der Waals surface area contributed by atoms with E-state index in [4.69, 9.17) is 9.15 Å². The van der Waals surface area contributed by atoms with Gasteiger partial charge in [0.15, 0.2) is 5.76 Å². The van der Waals surface area contributed by atoms with Crippen LogP contribution in [0.3, 0.4) is 0 Å². The van der Waals surface area contributed by atoms with Crippen LogP contribution in [-0.4, -0.2) is 43.5 Å². The number of hydrogen-bond acceptors (Lipinski definition) is 5. The molecule has 3 aromatic rings. The molecule has 1 aliphatic rings. The molecule has 194 valence electrons. The number of benzene rings is 2. The van der Waals surface area contributed by atoms with Crippen LogP contribution in [0, 0.1) is 20.8 Å². The Bertz CT molecular complexity index is 1210. The number of hydrogen-bond donors (Lipinski definition) is 2. The molecule has 8 heteroatoms. The largest absolute Gasteiger partial charge is 0.459 e. The van der Waals surface area contributed by atoms with E-state index in [1.54, 1.807) is 6.07 Å². The zero-order valence-corrected chi connectivity index (χ0v) is 21.5. The van der Waals surface area contributed by atoms with Crippen molar-refractivity contribution in [3.8, 4) is 0 Å². The van der Waals surface area contributed by atoms with Crippen LogP contribution in [0.2, 0.25) is 0 Å². The lowest BCUT2D eigenvalue weighted by Gasteiger charge is -2.34. The highest BCUT2D eigenvalue weighted by atomic mass is 16.5. The SMILES string of the molecule is Cc1cc(C)c(N(C(=O)CNC(=O)c2ccco2)[C@@H](C(=O)NC[C@H]2CCCO2)c2ccccc2)c(C)c1. The molecule has 0 unspecified atom stereocenters. The fraction of sp³-hybridized carbons (Fsp3) is 0.345. The van der Waals surface area contributed by atoms with Crippen molar-refractivity contribution in [2.75, 3.05) is 24.6 Å². The van der Waals surface area contributed by atoms with Crippen LogP contribution in [0.25, 0.3) is 0 Å². The average molecular weight is 504 g/mol. The van der Waals surface area contributed by atoms with Gasteiger partial charge in [-0.05, 0) is 62.4 Å². The van der Waals surface area contributed by atoms with Crippen LogP contribution in [0.15, 0.2) is 65.3 Å². The zero-order valence-electron chi connectivity index (χ0n) is 21.5. The molecule has 1 fully saturated rings. The topological polar surface area (TPSA) is 101 Å². The van der Waals surface area contributed by atoms with Gasteiger partial charge in [0.1, 0.15) is 6.04 Å². The molecule has 8 nitrogen and oxygen atoms in total. The van der Waals surface area contributed by atoms with Gasteiger partial charge < -0.3 is 19.8 Å². The van der Waals surface area contributed by atoms with Crippen molar-refractivity contribution in [1.82, 2.24) is 10.6 Å². The van der Waals surface area contributed by atoms with E-state index in [9.17, 15) is 14.4 Å². The molecule has 0 radical (unpaired) electrons. The lowest BCUT2D eigenvalue weighted by Crippen LogP contribution is -2.49. The van der Waals surface area contributed by atoms with Gasteiger partial charge in [0.05, 0.1) is 24.6 Å². The van der Waals surface area contributed by atoms with E-state index >= 15 is 0 Å². The van der Waals surface area contributed by atoms with Crippen molar-refractivity contribution in [2.45, 2.75) is 45.8 Å². The Labute approximate surface area is 217 Å². The summed E-state index contributed by atoms with van der Waals surface area (Å²) >= 11 is 0. The third kappa shape index (κ3) is 6.27. The van der Waals surface area contributed by atoms with Gasteiger partial charge in [0.2, 0.25) is 11.8 Å². The molecule has 3 amide bonds. The number of anilines is 1. The number of amides is 3. The lowest BCUT2D eigenvalue weighted by molar-refractivity contribution is -0.126. The fourth-order valence-electron chi connectivity index (χ4n) is 4.86. The van der Waals surface area contributed by atoms with Crippen molar-refractivity contribution < 1.29 is 23.5 Å². The van der Waals surface area contributed by atoms with Crippen LogP contribution in [-0.2, 0) is 14.3 Å². The predicted molar refractivity (Wildman–Crippen MR) is 140 cm³/mol. The van der Waals surface area contributed by atoms with Gasteiger partial charge in [0.25, 0.3) is 5.91 Å². The maximum atomic E-state index is 13.9. The standard InChI is InChI=1S/C29H33N3O5/c1-19-15-20(2)26(21(3)16-19)32(25(33)18-31-28(34)24-12-8-14-37-24)27(22-9-5-4-6-10-22)29(35)30-17-23-11-7-13-36-23/h4-6,8-10,12,14-16,23,27H,7,11,13,17-18H2,1-3H3,(H,30,35)(H,31,34)/t23-,27-/m1/s1. The van der Waals surface area contributed by atoms with Crippen molar-refractivity contribution in [3.05, 3.63) is 88.9 Å². The number of carbonyl (C=O) groups is 3. The number of nitrogens with zero attached hydrogens (tertiary/aromatic N) is 1. The van der Waals surface area contributed by atoms with E-state index in [1.165, 1.54) is 17.2 Å². The summed E-state index contributed by atoms with van der Waals surface area (Å²) in [6.45, 7) is 6.57. The van der Waals surface area contributed by atoms with E-state index in [0.29, 0.717) is 24.4 Å². The fourth-order valence-corrected chi connectivity index (χ4v) is 4.86. The van der Waals surface area contributed by atoms with Gasteiger partial charge in [-0.2, -0.15) is 0 Å². The first-order chi connectivity index (χ1) is 17.8. The number of ether oxygens (including phenoxy) is 1. The Kier molecular flexibility index (Phi) is 8.40. The maximum absolute atomic E-state index is 13.9. The summed E-state index contributed by atoms with van der Waals surface area (Å²) in [4.78, 5) is 41.6. The molecule has 2 aromatic carbocycles. The van der Waals surface area contributed by atoms with E-state index in [1.807, 2.05) is 63.2 Å². The van der Waals surface area contributed by atoms with Crippen molar-refractivity contribution in [2.24, 2.45) is 0 Å². The molecule has 2 atom stereocenters. The molecule has 0 spiro atoms. The third-order valence-corrected chi connectivity index (χ3v) is 6.44. The van der Waals surface area contributed by atoms with Crippen molar-refractivity contribution in [1.29, 1.82) is 0 Å². The Morgan fingerprint density at radius 3 is 2.35 bits per heavy atom. The number of rotatable bonds is 9. The summed E-state index contributed by atoms with van der Waals surface area (Å²) in [5.74, 6) is -1.13. The lowest BCUT2D eigenvalue weighted by atomic mass is 9.98. The number of nitrogens with one attached hydrogen (secondary N) is 2. The molecule has 1 aliphatic heterocycles. The minimum absolute atomic E-state index is 0.0417. The van der Waals surface area contributed by atoms with Crippen LogP contribution >= 0.6 is 0 Å². The third-order valence-electron chi connectivity index (χ3n) is 6.44. The minimum Gasteiger partial charge on any atom is -0.459 e. The Morgan fingerprint density at radius 2 is 1.73 bits per heavy atom. The Balaban J connectivity index is 1.70. The molecule has 0 aliphatic carbocycles. The quantitative estimate of drug-likeness (QED) is 0.460. The van der Waals surface area contributed by atoms with Gasteiger partial charge in [-0.1, -0.05) is 48.0 Å². The zero-order chi connectivity index (χ0) is 26.4. The molecule has 2 heterocycles. The first-order valence-electron chi connectivity index (χ1n) is 12.5. The second-order valence-corrected chi connectivity index (χ2v) is 9.36. The second-order valence-electron chi connectivity index (χ2n) is 9.36. The first-order valence-corrected chi connectivity index (χ1v) is 12.5. The number of carbonyl (C=O) groups excluding carboxylic acids is 3. The summed E-state index contributed by atoms with van der Waals surface area (Å²) in [7, 11) is 0. The normalized spacial score (nSPS) is 15.7. The molecule has 2 N–H and O–H groups in total. The molecular formula is C29H33N3O5. The molecule has 0 saturated carbocycles. The van der Waals surface area contributed by atoms with Gasteiger partial charge in [-0.3, -0.25) is 19.3 Å². The molecule has 4 rings (SSSR count). The molecule has 1 saturated heterocycles. The van der Waals surface area contributed by atoms with Gasteiger partial charge in [-0.15, -0.1) is 0 Å². The maximum Gasteiger partial charge on any atom is 0.287 e. The smallest absolute Gasteiger partial charge is 0.287 e. The van der Waals surface area contributed by atoms with E-state index in [-0.39, 0.29) is 24.3 Å². The van der Waals surface area contributed by atoms with Crippen molar-refractivity contribution >= 4 is 23.4 Å². The van der Waals surface area contributed by atoms with Crippen LogP contribution < -0.4 is 15.5 Å². The average Bonchev–Trinajstić information content (AvgIpc) is 3.60. The number of furan rings is 1. The Morgan fingerprint density at radius 1 is 1.00 bits per heavy atom. The molecule has 1 aromatic heterocycles. The second kappa shape index (κ2) is 11.9. The molecule has 0 bridgehead atoms. The van der Waals surface area contributed by atoms with E-state index in [2.05, 4.69) is 10.6 Å². The molecule has 37 heavy (non-hydrogen) atoms. The first kappa shape index (κ1) is 26.2. The Hall–Kier alpha value is -3.91. The number of aryl methyl sites for hydroxylation is 3. The van der Waals surface area contributed by atoms with Gasteiger partial charge in [0, 0.05) is 13.2 Å². The highest BCUT2D eigenvalue weighted by Gasteiger charge is 2.35. The summed E-state index contributed by atoms with van der Waals surface area (Å²) in [5, 5.41) is 5.64. The molecular weight excluding hydrogens is 470 g/mol. The van der Waals surface area contributed by atoms with Crippen molar-refractivity contribution in [3.63, 3.8) is 0 Å². The highest BCUT2D eigenvalue weighted by molar-refractivity contribution is 6.05. The summed E-state index contributed by atoms with van der Waals surface area (Å²) in [5.41, 5.74) is 4.07. The van der Waals surface area contributed by atoms with Crippen LogP contribution in [0.4, 0.5) is 5.69 Å². The van der Waals surface area contributed by atoms with E-state index in [0.717, 1.165) is 29.5 Å². The van der Waals surface area contributed by atoms with Gasteiger partial charge >= 0.3 is 0 Å². The monoisotopic (exact) mass is 503 g/mol. The van der Waals surface area contributed by atoms with E-state index < -0.39 is 17.9 Å². The summed E-state index contributed by atoms with van der Waals surface area (Å²) in [6, 6.07) is 15.3. The van der Waals surface area contributed by atoms with Crippen LogP contribution in [0.1, 0.15) is 51.7 Å². The van der Waals surface area contributed by atoms with Crippen LogP contribution in [0.5, 0.6) is 0 Å². The summed E-state index contributed by atoms with van der Waals surface area (Å²) < 4.78 is 10.8. The highest BCUT2D eigenvalue weighted by Crippen LogP contribution is 2.34. The minimum atomic E-state index is -0.948. The predicted octanol–water partition coefficient (Wildman–Crippen LogP) is 4.00.